The van der Waals surface area contributed by atoms with Gasteiger partial charge in [0.05, 0.1) is 0 Å². The van der Waals surface area contributed by atoms with Crippen LogP contribution in [0.25, 0.3) is 0 Å². The summed E-state index contributed by atoms with van der Waals surface area (Å²) >= 11 is 0. The first-order chi connectivity index (χ1) is 7.77. The summed E-state index contributed by atoms with van der Waals surface area (Å²) in [6.07, 6.45) is 15.1. The number of carbonyl (C=O) groups excluding carboxylic acids is 1. The first-order valence-electron chi connectivity index (χ1n) is 6.62. The minimum atomic E-state index is -0.918. The number of carboxylic acids is 1. The average Bonchev–Trinajstić information content (AvgIpc) is 2.25. The van der Waals surface area contributed by atoms with E-state index in [1.807, 2.05) is 0 Å². The topological polar surface area (TPSA) is 40.1 Å². The number of carbonyl (C=O) groups is 1. The molecule has 3 heteroatoms. The molecule has 0 rings (SSSR count). The first-order valence-corrected chi connectivity index (χ1v) is 6.62. The van der Waals surface area contributed by atoms with E-state index in [2.05, 4.69) is 19.1 Å². The molecular formula is C14H25LiO2. The van der Waals surface area contributed by atoms with E-state index in [1.54, 1.807) is 0 Å². The first kappa shape index (κ1) is 19.2. The molecule has 0 aliphatic heterocycles. The number of hydrogen-bond acceptors (Lipinski definition) is 2. The number of hydrogen-bond donors (Lipinski definition) is 0. The fourth-order valence-corrected chi connectivity index (χ4v) is 1.62. The maximum absolute atomic E-state index is 10.1. The Hall–Kier alpha value is -0.193. The Balaban J connectivity index is 0. The quantitative estimate of drug-likeness (QED) is 0.290. The minimum Gasteiger partial charge on any atom is -0.550 e. The Morgan fingerprint density at radius 3 is 2.06 bits per heavy atom. The molecule has 0 heterocycles. The van der Waals surface area contributed by atoms with Crippen LogP contribution in [0.5, 0.6) is 0 Å². The van der Waals surface area contributed by atoms with Crippen LogP contribution in [-0.4, -0.2) is 5.97 Å². The minimum absolute atomic E-state index is 0. The van der Waals surface area contributed by atoms with E-state index < -0.39 is 5.97 Å². The van der Waals surface area contributed by atoms with Crippen molar-refractivity contribution in [1.29, 1.82) is 0 Å². The SMILES string of the molecule is CCCCC=CCCCCCCCC(=O)[O-].[Li+]. The third kappa shape index (κ3) is 18.4. The molecule has 0 aliphatic rings. The smallest absolute Gasteiger partial charge is 0.550 e. The van der Waals surface area contributed by atoms with E-state index in [4.69, 9.17) is 0 Å². The maximum Gasteiger partial charge on any atom is 1.00 e. The van der Waals surface area contributed by atoms with Crippen LogP contribution in [0.2, 0.25) is 0 Å². The monoisotopic (exact) mass is 232 g/mol. The van der Waals surface area contributed by atoms with Crippen LogP contribution in [-0.2, 0) is 4.79 Å². The summed E-state index contributed by atoms with van der Waals surface area (Å²) in [6, 6.07) is 0. The number of allylic oxidation sites excluding steroid dienone is 2. The molecule has 0 aliphatic carbocycles. The summed E-state index contributed by atoms with van der Waals surface area (Å²) in [6.45, 7) is 2.21. The second kappa shape index (κ2) is 15.8. The summed E-state index contributed by atoms with van der Waals surface area (Å²) < 4.78 is 0. The van der Waals surface area contributed by atoms with Gasteiger partial charge in [-0.2, -0.15) is 0 Å². The molecule has 0 radical (unpaired) electrons. The van der Waals surface area contributed by atoms with Crippen LogP contribution in [0.1, 0.15) is 71.1 Å². The summed E-state index contributed by atoms with van der Waals surface area (Å²) in [7, 11) is 0. The Morgan fingerprint density at radius 1 is 0.941 bits per heavy atom. The van der Waals surface area contributed by atoms with Crippen molar-refractivity contribution in [3.8, 4) is 0 Å². The summed E-state index contributed by atoms with van der Waals surface area (Å²) in [5, 5.41) is 10.1. The predicted octanol–water partition coefficient (Wildman–Crippen LogP) is 0.217. The van der Waals surface area contributed by atoms with Crippen molar-refractivity contribution < 1.29 is 28.8 Å². The Labute approximate surface area is 118 Å². The molecule has 2 nitrogen and oxygen atoms in total. The molecule has 94 valence electrons. The van der Waals surface area contributed by atoms with Crippen LogP contribution in [0.4, 0.5) is 0 Å². The van der Waals surface area contributed by atoms with Crippen molar-refractivity contribution in [3.63, 3.8) is 0 Å². The molecule has 0 fully saturated rings. The fraction of sp³-hybridized carbons (Fsp3) is 0.786. The van der Waals surface area contributed by atoms with Crippen LogP contribution in [0.3, 0.4) is 0 Å². The number of unbranched alkanes of at least 4 members (excludes halogenated alkanes) is 7. The van der Waals surface area contributed by atoms with Crippen LogP contribution in [0.15, 0.2) is 12.2 Å². The van der Waals surface area contributed by atoms with Gasteiger partial charge >= 0.3 is 18.9 Å². The van der Waals surface area contributed by atoms with Gasteiger partial charge in [0.15, 0.2) is 0 Å². The molecule has 0 saturated carbocycles. The van der Waals surface area contributed by atoms with Crippen LogP contribution in [0, 0.1) is 0 Å². The van der Waals surface area contributed by atoms with Gasteiger partial charge in [-0.15, -0.1) is 0 Å². The molecule has 0 aromatic heterocycles. The van der Waals surface area contributed by atoms with Crippen molar-refractivity contribution in [1.82, 2.24) is 0 Å². The molecule has 0 N–H and O–H groups in total. The zero-order valence-electron chi connectivity index (χ0n) is 11.5. The second-order valence-corrected chi connectivity index (χ2v) is 4.29. The molecule has 0 unspecified atom stereocenters. The standard InChI is InChI=1S/C14H26O2.Li/c1-2-3-4-5-6-7-8-9-10-11-12-13-14(15)16;/h5-6H,2-4,7-13H2,1H3,(H,15,16);/q;+1/p-1. The largest absolute Gasteiger partial charge is 1.00 e. The Kier molecular flexibility index (Phi) is 17.8. The van der Waals surface area contributed by atoms with Crippen LogP contribution >= 0.6 is 0 Å². The third-order valence-corrected chi connectivity index (χ3v) is 2.64. The second-order valence-electron chi connectivity index (χ2n) is 4.29. The summed E-state index contributed by atoms with van der Waals surface area (Å²) in [4.78, 5) is 10.1. The van der Waals surface area contributed by atoms with Crippen molar-refractivity contribution in [3.05, 3.63) is 12.2 Å². The van der Waals surface area contributed by atoms with Gasteiger partial charge in [-0.05, 0) is 32.1 Å². The van der Waals surface area contributed by atoms with Crippen molar-refractivity contribution in [2.24, 2.45) is 0 Å². The van der Waals surface area contributed by atoms with E-state index in [0.717, 1.165) is 19.3 Å². The maximum atomic E-state index is 10.1. The van der Waals surface area contributed by atoms with Gasteiger partial charge < -0.3 is 9.90 Å². The van der Waals surface area contributed by atoms with Gasteiger partial charge in [-0.1, -0.05) is 51.2 Å². The molecule has 0 saturated heterocycles. The molecular weight excluding hydrogens is 207 g/mol. The number of rotatable bonds is 11. The zero-order valence-corrected chi connectivity index (χ0v) is 11.5. The van der Waals surface area contributed by atoms with Crippen molar-refractivity contribution in [2.75, 3.05) is 0 Å². The third-order valence-electron chi connectivity index (χ3n) is 2.64. The molecule has 0 atom stereocenters. The van der Waals surface area contributed by atoms with E-state index in [-0.39, 0.29) is 25.3 Å². The number of carboxylic acid groups (broad SMARTS) is 1. The predicted molar refractivity (Wildman–Crippen MR) is 66.0 cm³/mol. The summed E-state index contributed by atoms with van der Waals surface area (Å²) in [5.41, 5.74) is 0. The summed E-state index contributed by atoms with van der Waals surface area (Å²) in [5.74, 6) is -0.918. The fourth-order valence-electron chi connectivity index (χ4n) is 1.62. The van der Waals surface area contributed by atoms with E-state index in [9.17, 15) is 9.90 Å². The van der Waals surface area contributed by atoms with Gasteiger partial charge in [-0.25, -0.2) is 0 Å². The molecule has 0 aromatic rings. The molecule has 0 bridgehead atoms. The van der Waals surface area contributed by atoms with Crippen molar-refractivity contribution >= 4 is 5.97 Å². The van der Waals surface area contributed by atoms with Crippen molar-refractivity contribution in [2.45, 2.75) is 71.1 Å². The van der Waals surface area contributed by atoms with Gasteiger partial charge in [0.25, 0.3) is 0 Å². The van der Waals surface area contributed by atoms with Gasteiger partial charge in [0, 0.05) is 5.97 Å². The normalized spacial score (nSPS) is 10.4. The van der Waals surface area contributed by atoms with E-state index >= 15 is 0 Å². The average molecular weight is 232 g/mol. The molecule has 0 amide bonds. The Bertz CT molecular complexity index is 191. The molecule has 0 aromatic carbocycles. The molecule has 17 heavy (non-hydrogen) atoms. The zero-order chi connectivity index (χ0) is 12.1. The Morgan fingerprint density at radius 2 is 1.47 bits per heavy atom. The van der Waals surface area contributed by atoms with Gasteiger partial charge in [0.2, 0.25) is 0 Å². The van der Waals surface area contributed by atoms with Gasteiger partial charge in [-0.3, -0.25) is 0 Å². The van der Waals surface area contributed by atoms with E-state index in [1.165, 1.54) is 38.5 Å². The van der Waals surface area contributed by atoms with Gasteiger partial charge in [0.1, 0.15) is 0 Å². The molecule has 0 spiro atoms. The van der Waals surface area contributed by atoms with E-state index in [0.29, 0.717) is 0 Å². The van der Waals surface area contributed by atoms with Crippen LogP contribution < -0.4 is 24.0 Å². The number of aliphatic carboxylic acids is 1.